The maximum atomic E-state index is 9.12. The molecule has 2 aromatic rings. The zero-order chi connectivity index (χ0) is 15.2. The number of hydrogen-bond donors (Lipinski definition) is 0. The van der Waals surface area contributed by atoms with Crippen molar-refractivity contribution >= 4 is 6.08 Å². The molecule has 0 aliphatic heterocycles. The highest BCUT2D eigenvalue weighted by Crippen LogP contribution is 2.22. The molecule has 2 rings (SSSR count). The maximum absolute atomic E-state index is 9.12. The van der Waals surface area contributed by atoms with Gasteiger partial charge in [0.25, 0.3) is 0 Å². The molecule has 0 saturated carbocycles. The Bertz CT molecular complexity index is 699. The van der Waals surface area contributed by atoms with Crippen LogP contribution in [0.1, 0.15) is 16.8 Å². The Kier molecular flexibility index (Phi) is 4.57. The summed E-state index contributed by atoms with van der Waals surface area (Å²) in [7, 11) is 3.82. The van der Waals surface area contributed by atoms with E-state index < -0.39 is 0 Å². The van der Waals surface area contributed by atoms with Gasteiger partial charge in [0.05, 0.1) is 11.3 Å². The minimum atomic E-state index is 0.470. The van der Waals surface area contributed by atoms with Crippen LogP contribution in [0.5, 0.6) is 11.6 Å². The normalized spacial score (nSPS) is 10.4. The first kappa shape index (κ1) is 14.6. The van der Waals surface area contributed by atoms with Crippen LogP contribution in [0.4, 0.5) is 0 Å². The summed E-state index contributed by atoms with van der Waals surface area (Å²) in [4.78, 5) is 6.27. The first-order chi connectivity index (χ1) is 10.1. The first-order valence-electron chi connectivity index (χ1n) is 6.59. The number of nitrogens with zero attached hydrogens (tertiary/aromatic N) is 3. The molecule has 1 aromatic heterocycles. The minimum absolute atomic E-state index is 0.470. The Morgan fingerprint density at radius 3 is 2.71 bits per heavy atom. The molecule has 0 radical (unpaired) electrons. The molecule has 4 heteroatoms. The second-order valence-electron chi connectivity index (χ2n) is 4.89. The molecule has 0 aliphatic carbocycles. The number of ether oxygens (including phenoxy) is 1. The van der Waals surface area contributed by atoms with Crippen molar-refractivity contribution in [2.75, 3.05) is 14.1 Å². The van der Waals surface area contributed by atoms with Crippen LogP contribution in [0, 0.1) is 18.3 Å². The Labute approximate surface area is 124 Å². The van der Waals surface area contributed by atoms with Crippen molar-refractivity contribution in [3.8, 4) is 17.7 Å². The van der Waals surface area contributed by atoms with Gasteiger partial charge in [-0.3, -0.25) is 0 Å². The predicted octanol–water partition coefficient (Wildman–Crippen LogP) is 3.59. The lowest BCUT2D eigenvalue weighted by Crippen LogP contribution is -2.00. The van der Waals surface area contributed by atoms with E-state index in [4.69, 9.17) is 10.00 Å². The third-order valence-electron chi connectivity index (χ3n) is 2.76. The lowest BCUT2D eigenvalue weighted by Gasteiger charge is -2.08. The van der Waals surface area contributed by atoms with E-state index in [1.165, 1.54) is 0 Å². The number of aromatic nitrogens is 1. The monoisotopic (exact) mass is 279 g/mol. The summed E-state index contributed by atoms with van der Waals surface area (Å²) in [6.45, 7) is 2.00. The van der Waals surface area contributed by atoms with E-state index in [0.717, 1.165) is 11.3 Å². The molecular formula is C17H17N3O. The van der Waals surface area contributed by atoms with Crippen LogP contribution in [0.3, 0.4) is 0 Å². The van der Waals surface area contributed by atoms with Gasteiger partial charge in [0.1, 0.15) is 11.8 Å². The van der Waals surface area contributed by atoms with E-state index in [-0.39, 0.29) is 0 Å². The van der Waals surface area contributed by atoms with Crippen LogP contribution in [0.15, 0.2) is 42.6 Å². The number of rotatable bonds is 4. The van der Waals surface area contributed by atoms with Crippen LogP contribution in [0.2, 0.25) is 0 Å². The molecule has 0 spiro atoms. The summed E-state index contributed by atoms with van der Waals surface area (Å²) >= 11 is 0. The highest BCUT2D eigenvalue weighted by Gasteiger charge is 2.05. The quantitative estimate of drug-likeness (QED) is 0.858. The van der Waals surface area contributed by atoms with Crippen molar-refractivity contribution < 1.29 is 4.74 Å². The van der Waals surface area contributed by atoms with Gasteiger partial charge in [-0.2, -0.15) is 5.26 Å². The first-order valence-corrected chi connectivity index (χ1v) is 6.59. The summed E-state index contributed by atoms with van der Waals surface area (Å²) in [5, 5.41) is 9.12. The molecule has 0 fully saturated rings. The average molecular weight is 279 g/mol. The molecular weight excluding hydrogens is 262 g/mol. The highest BCUT2D eigenvalue weighted by molar-refractivity contribution is 5.54. The van der Waals surface area contributed by atoms with Gasteiger partial charge in [0, 0.05) is 26.4 Å². The second kappa shape index (κ2) is 6.58. The standard InChI is InChI=1S/C17H17N3O/c1-13-5-4-6-15(11-13)21-17-8-7-14(12-18)16(19-17)9-10-20(2)3/h4-11H,1-3H3. The molecule has 0 amide bonds. The van der Waals surface area contributed by atoms with Crippen molar-refractivity contribution in [2.24, 2.45) is 0 Å². The van der Waals surface area contributed by atoms with Crippen molar-refractivity contribution in [1.29, 1.82) is 5.26 Å². The second-order valence-corrected chi connectivity index (χ2v) is 4.89. The maximum Gasteiger partial charge on any atom is 0.219 e. The van der Waals surface area contributed by atoms with Crippen LogP contribution < -0.4 is 4.74 Å². The fraction of sp³-hybridized carbons (Fsp3) is 0.176. The van der Waals surface area contributed by atoms with E-state index in [1.807, 2.05) is 56.4 Å². The van der Waals surface area contributed by atoms with Gasteiger partial charge in [0.2, 0.25) is 5.88 Å². The van der Waals surface area contributed by atoms with Gasteiger partial charge in [0.15, 0.2) is 0 Å². The molecule has 4 nitrogen and oxygen atoms in total. The number of pyridine rings is 1. The molecule has 1 heterocycles. The fourth-order valence-electron chi connectivity index (χ4n) is 1.75. The Morgan fingerprint density at radius 1 is 1.24 bits per heavy atom. The van der Waals surface area contributed by atoms with Crippen LogP contribution in [0.25, 0.3) is 6.08 Å². The summed E-state index contributed by atoms with van der Waals surface area (Å²) < 4.78 is 5.74. The van der Waals surface area contributed by atoms with Gasteiger partial charge in [-0.15, -0.1) is 0 Å². The number of hydrogen-bond acceptors (Lipinski definition) is 4. The number of benzene rings is 1. The zero-order valence-electron chi connectivity index (χ0n) is 12.4. The van der Waals surface area contributed by atoms with Crippen LogP contribution in [-0.2, 0) is 0 Å². The van der Waals surface area contributed by atoms with Gasteiger partial charge in [-0.25, -0.2) is 4.98 Å². The average Bonchev–Trinajstić information content (AvgIpc) is 2.45. The molecule has 21 heavy (non-hydrogen) atoms. The van der Waals surface area contributed by atoms with Gasteiger partial charge < -0.3 is 9.64 Å². The lowest BCUT2D eigenvalue weighted by molar-refractivity contribution is 0.462. The molecule has 1 aromatic carbocycles. The van der Waals surface area contributed by atoms with Crippen molar-refractivity contribution in [3.05, 3.63) is 59.4 Å². The van der Waals surface area contributed by atoms with Crippen molar-refractivity contribution in [2.45, 2.75) is 6.92 Å². The van der Waals surface area contributed by atoms with Gasteiger partial charge in [-0.1, -0.05) is 12.1 Å². The third kappa shape index (κ3) is 4.08. The smallest absolute Gasteiger partial charge is 0.219 e. The van der Waals surface area contributed by atoms with E-state index >= 15 is 0 Å². The molecule has 0 unspecified atom stereocenters. The summed E-state index contributed by atoms with van der Waals surface area (Å²) in [5.74, 6) is 1.20. The Hall–Kier alpha value is -2.80. The molecule has 0 aliphatic rings. The van der Waals surface area contributed by atoms with E-state index in [0.29, 0.717) is 17.1 Å². The van der Waals surface area contributed by atoms with Crippen molar-refractivity contribution in [3.63, 3.8) is 0 Å². The molecule has 0 bridgehead atoms. The number of aryl methyl sites for hydroxylation is 1. The highest BCUT2D eigenvalue weighted by atomic mass is 16.5. The summed E-state index contributed by atoms with van der Waals surface area (Å²) in [5.41, 5.74) is 2.23. The molecule has 0 atom stereocenters. The fourth-order valence-corrected chi connectivity index (χ4v) is 1.75. The SMILES string of the molecule is Cc1cccc(Oc2ccc(C#N)c(C=CN(C)C)n2)c1. The minimum Gasteiger partial charge on any atom is -0.439 e. The zero-order valence-corrected chi connectivity index (χ0v) is 12.4. The van der Waals surface area contributed by atoms with Crippen LogP contribution in [-0.4, -0.2) is 24.0 Å². The predicted molar refractivity (Wildman–Crippen MR) is 82.9 cm³/mol. The lowest BCUT2D eigenvalue weighted by atomic mass is 10.2. The summed E-state index contributed by atoms with van der Waals surface area (Å²) in [6, 6.07) is 13.3. The molecule has 0 N–H and O–H groups in total. The topological polar surface area (TPSA) is 49.1 Å². The van der Waals surface area contributed by atoms with Crippen LogP contribution >= 0.6 is 0 Å². The van der Waals surface area contributed by atoms with Crippen molar-refractivity contribution in [1.82, 2.24) is 9.88 Å². The molecule has 106 valence electrons. The molecule has 0 saturated heterocycles. The summed E-state index contributed by atoms with van der Waals surface area (Å²) in [6.07, 6.45) is 3.64. The van der Waals surface area contributed by atoms with Gasteiger partial charge >= 0.3 is 0 Å². The Morgan fingerprint density at radius 2 is 2.05 bits per heavy atom. The largest absolute Gasteiger partial charge is 0.439 e. The number of nitriles is 1. The third-order valence-corrected chi connectivity index (χ3v) is 2.76. The van der Waals surface area contributed by atoms with E-state index in [9.17, 15) is 0 Å². The van der Waals surface area contributed by atoms with E-state index in [2.05, 4.69) is 11.1 Å². The Balaban J connectivity index is 2.29. The van der Waals surface area contributed by atoms with E-state index in [1.54, 1.807) is 18.2 Å². The van der Waals surface area contributed by atoms with Gasteiger partial charge in [-0.05, 0) is 36.8 Å².